The van der Waals surface area contributed by atoms with Crippen molar-refractivity contribution in [2.24, 2.45) is 10.9 Å². The van der Waals surface area contributed by atoms with Gasteiger partial charge in [0.2, 0.25) is 5.88 Å². The molecule has 2 aliphatic rings. The van der Waals surface area contributed by atoms with Crippen molar-refractivity contribution in [3.8, 4) is 5.88 Å². The fourth-order valence-corrected chi connectivity index (χ4v) is 5.82. The highest BCUT2D eigenvalue weighted by atomic mass is 32.2. The summed E-state index contributed by atoms with van der Waals surface area (Å²) in [5, 5.41) is 3.29. The number of carbonyl (C=O) groups excluding carboxylic acids is 1. The van der Waals surface area contributed by atoms with Gasteiger partial charge in [-0.25, -0.2) is 18.8 Å². The third-order valence-electron chi connectivity index (χ3n) is 6.27. The van der Waals surface area contributed by atoms with Crippen LogP contribution < -0.4 is 10.1 Å². The van der Waals surface area contributed by atoms with Crippen molar-refractivity contribution in [2.75, 3.05) is 12.9 Å². The van der Waals surface area contributed by atoms with Gasteiger partial charge >= 0.3 is 0 Å². The minimum Gasteiger partial charge on any atom is -0.481 e. The zero-order valence-electron chi connectivity index (χ0n) is 17.8. The van der Waals surface area contributed by atoms with Gasteiger partial charge < -0.3 is 10.1 Å². The molecule has 1 N–H and O–H groups in total. The largest absolute Gasteiger partial charge is 0.481 e. The molecule has 8 heteroatoms. The normalized spacial score (nSPS) is 21.4. The molecule has 0 saturated heterocycles. The topological polar surface area (TPSA) is 63.6 Å². The van der Waals surface area contributed by atoms with Crippen molar-refractivity contribution in [2.45, 2.75) is 18.4 Å². The summed E-state index contributed by atoms with van der Waals surface area (Å²) in [6, 6.07) is 14.4. The van der Waals surface area contributed by atoms with Gasteiger partial charge in [-0.1, -0.05) is 36.0 Å². The van der Waals surface area contributed by atoms with Crippen molar-refractivity contribution < 1.29 is 18.3 Å². The van der Waals surface area contributed by atoms with Gasteiger partial charge in [0.25, 0.3) is 5.91 Å². The SMILES string of the molecule is COc1nccc2c1C[C@@]1(c3ccc(F)cc3F)N=C(NC(=O)c3ccccc3)SCC1C2. The zero-order chi connectivity index (χ0) is 23.0. The minimum absolute atomic E-state index is 0.0561. The summed E-state index contributed by atoms with van der Waals surface area (Å²) in [6.45, 7) is 0. The molecule has 0 spiro atoms. The lowest BCUT2D eigenvalue weighted by Gasteiger charge is -2.45. The van der Waals surface area contributed by atoms with Gasteiger partial charge in [0, 0.05) is 47.0 Å². The Morgan fingerprint density at radius 2 is 2.00 bits per heavy atom. The molecule has 1 aliphatic heterocycles. The fourth-order valence-electron chi connectivity index (χ4n) is 4.67. The second-order valence-electron chi connectivity index (χ2n) is 8.13. The predicted octanol–water partition coefficient (Wildman–Crippen LogP) is 4.51. The molecule has 168 valence electrons. The van der Waals surface area contributed by atoms with E-state index >= 15 is 4.39 Å². The third-order valence-corrected chi connectivity index (χ3v) is 7.31. The van der Waals surface area contributed by atoms with E-state index in [4.69, 9.17) is 9.73 Å². The lowest BCUT2D eigenvalue weighted by Crippen LogP contribution is -2.48. The number of fused-ring (bicyclic) bond motifs is 2. The molecule has 1 amide bonds. The maximum atomic E-state index is 15.2. The van der Waals surface area contributed by atoms with Crippen molar-refractivity contribution in [1.82, 2.24) is 10.3 Å². The van der Waals surface area contributed by atoms with E-state index in [0.717, 1.165) is 17.2 Å². The summed E-state index contributed by atoms with van der Waals surface area (Å²) >= 11 is 1.43. The number of aliphatic imine (C=N–C) groups is 1. The number of methoxy groups -OCH3 is 1. The van der Waals surface area contributed by atoms with E-state index in [-0.39, 0.29) is 11.8 Å². The van der Waals surface area contributed by atoms with Gasteiger partial charge in [-0.15, -0.1) is 0 Å². The first kappa shape index (κ1) is 21.6. The van der Waals surface area contributed by atoms with Crippen LogP contribution in [0.25, 0.3) is 0 Å². The molecule has 1 unspecified atom stereocenters. The molecule has 3 aromatic rings. The Morgan fingerprint density at radius 1 is 1.18 bits per heavy atom. The molecular weight excluding hydrogens is 444 g/mol. The summed E-state index contributed by atoms with van der Waals surface area (Å²) in [6.07, 6.45) is 2.67. The Labute approximate surface area is 194 Å². The second-order valence-corrected chi connectivity index (χ2v) is 9.14. The summed E-state index contributed by atoms with van der Waals surface area (Å²) in [7, 11) is 1.55. The van der Waals surface area contributed by atoms with E-state index in [1.807, 2.05) is 12.1 Å². The van der Waals surface area contributed by atoms with Gasteiger partial charge in [-0.3, -0.25) is 4.79 Å². The van der Waals surface area contributed by atoms with Crippen LogP contribution in [0.15, 0.2) is 65.8 Å². The average molecular weight is 466 g/mol. The van der Waals surface area contributed by atoms with Crippen LogP contribution >= 0.6 is 11.8 Å². The molecule has 0 fully saturated rings. The number of amides is 1. The first-order valence-corrected chi connectivity index (χ1v) is 11.5. The number of benzene rings is 2. The summed E-state index contributed by atoms with van der Waals surface area (Å²) in [4.78, 5) is 22.0. The molecule has 2 aromatic carbocycles. The van der Waals surface area contributed by atoms with Crippen LogP contribution in [0.2, 0.25) is 0 Å². The van der Waals surface area contributed by atoms with Gasteiger partial charge in [-0.05, 0) is 36.2 Å². The summed E-state index contributed by atoms with van der Waals surface area (Å²) < 4.78 is 34.4. The number of nitrogens with zero attached hydrogens (tertiary/aromatic N) is 2. The second kappa shape index (κ2) is 8.59. The highest BCUT2D eigenvalue weighted by molar-refractivity contribution is 8.13. The molecule has 2 atom stereocenters. The van der Waals surface area contributed by atoms with Crippen LogP contribution in [-0.4, -0.2) is 28.9 Å². The molecule has 1 aromatic heterocycles. The van der Waals surface area contributed by atoms with Crippen LogP contribution in [0.3, 0.4) is 0 Å². The number of aromatic nitrogens is 1. The number of halogens is 2. The van der Waals surface area contributed by atoms with Gasteiger partial charge in [0.1, 0.15) is 11.6 Å². The van der Waals surface area contributed by atoms with Crippen molar-refractivity contribution in [3.05, 3.63) is 94.7 Å². The molecular formula is C25H21F2N3O2S. The van der Waals surface area contributed by atoms with Crippen molar-refractivity contribution in [3.63, 3.8) is 0 Å². The number of ether oxygens (including phenoxy) is 1. The zero-order valence-corrected chi connectivity index (χ0v) is 18.7. The number of rotatable bonds is 3. The molecule has 33 heavy (non-hydrogen) atoms. The Balaban J connectivity index is 1.62. The Hall–Kier alpha value is -3.26. The van der Waals surface area contributed by atoms with Crippen LogP contribution in [0.1, 0.15) is 27.0 Å². The third kappa shape index (κ3) is 3.88. The van der Waals surface area contributed by atoms with E-state index < -0.39 is 17.2 Å². The number of nitrogens with one attached hydrogen (secondary N) is 1. The smallest absolute Gasteiger partial charge is 0.257 e. The molecule has 1 aliphatic carbocycles. The highest BCUT2D eigenvalue weighted by Crippen LogP contribution is 2.50. The van der Waals surface area contributed by atoms with Crippen molar-refractivity contribution in [1.29, 1.82) is 0 Å². The molecule has 0 saturated carbocycles. The number of pyridine rings is 1. The Morgan fingerprint density at radius 3 is 2.76 bits per heavy atom. The van der Waals surface area contributed by atoms with E-state index in [1.165, 1.54) is 23.9 Å². The Kier molecular flexibility index (Phi) is 5.62. The molecule has 0 radical (unpaired) electrons. The molecule has 5 nitrogen and oxygen atoms in total. The van der Waals surface area contributed by atoms with E-state index in [1.54, 1.807) is 37.6 Å². The summed E-state index contributed by atoms with van der Waals surface area (Å²) in [5.41, 5.74) is 1.72. The standard InChI is InChI=1S/C25H21F2N3O2S/c1-32-23-19-13-25(20-8-7-18(26)12-21(20)27)17(11-16(19)9-10-28-23)14-33-24(30-25)29-22(31)15-5-3-2-4-6-15/h2-10,12,17H,11,13-14H2,1H3,(H,29,30,31)/t17?,25-/m1/s1. The summed E-state index contributed by atoms with van der Waals surface area (Å²) in [5.74, 6) is -0.558. The number of hydrogen-bond acceptors (Lipinski definition) is 5. The first-order valence-electron chi connectivity index (χ1n) is 10.6. The first-order chi connectivity index (χ1) is 16.0. The fraction of sp³-hybridized carbons (Fsp3) is 0.240. The predicted molar refractivity (Wildman–Crippen MR) is 124 cm³/mol. The number of carbonyl (C=O) groups is 1. The highest BCUT2D eigenvalue weighted by Gasteiger charge is 2.49. The number of hydrogen-bond donors (Lipinski definition) is 1. The Bertz CT molecular complexity index is 1250. The van der Waals surface area contributed by atoms with Gasteiger partial charge in [0.05, 0.1) is 12.6 Å². The van der Waals surface area contributed by atoms with Gasteiger partial charge in [-0.2, -0.15) is 0 Å². The van der Waals surface area contributed by atoms with Crippen LogP contribution in [-0.2, 0) is 18.4 Å². The maximum absolute atomic E-state index is 15.2. The quantitative estimate of drug-likeness (QED) is 0.618. The minimum atomic E-state index is -1.02. The van der Waals surface area contributed by atoms with Crippen LogP contribution in [0.4, 0.5) is 8.78 Å². The van der Waals surface area contributed by atoms with Crippen molar-refractivity contribution >= 4 is 22.8 Å². The molecule has 5 rings (SSSR count). The van der Waals surface area contributed by atoms with Crippen LogP contribution in [0, 0.1) is 17.6 Å². The lowest BCUT2D eigenvalue weighted by atomic mass is 9.67. The van der Waals surface area contributed by atoms with E-state index in [9.17, 15) is 9.18 Å². The molecule has 2 heterocycles. The number of amidine groups is 1. The van der Waals surface area contributed by atoms with E-state index in [0.29, 0.717) is 40.8 Å². The van der Waals surface area contributed by atoms with E-state index in [2.05, 4.69) is 10.3 Å². The molecule has 0 bridgehead atoms. The maximum Gasteiger partial charge on any atom is 0.257 e. The lowest BCUT2D eigenvalue weighted by molar-refractivity contribution is 0.0977. The average Bonchev–Trinajstić information content (AvgIpc) is 2.82. The van der Waals surface area contributed by atoms with Crippen LogP contribution in [0.5, 0.6) is 5.88 Å². The van der Waals surface area contributed by atoms with Gasteiger partial charge in [0.15, 0.2) is 5.17 Å². The monoisotopic (exact) mass is 465 g/mol. The number of thioether (sulfide) groups is 1.